The van der Waals surface area contributed by atoms with Crippen molar-refractivity contribution in [2.45, 2.75) is 12.2 Å². The predicted octanol–water partition coefficient (Wildman–Crippen LogP) is 1.84. The van der Waals surface area contributed by atoms with Crippen molar-refractivity contribution >= 4 is 5.78 Å². The normalized spacial score (nSPS) is 20.2. The summed E-state index contributed by atoms with van der Waals surface area (Å²) in [4.78, 5) is 12.3. The summed E-state index contributed by atoms with van der Waals surface area (Å²) < 4.78 is 10.4. The van der Waals surface area contributed by atoms with Gasteiger partial charge in [-0.1, -0.05) is 30.3 Å². The van der Waals surface area contributed by atoms with Crippen molar-refractivity contribution in [3.63, 3.8) is 0 Å². The molecule has 22 heavy (non-hydrogen) atoms. The van der Waals surface area contributed by atoms with E-state index in [1.165, 1.54) is 13.2 Å². The van der Waals surface area contributed by atoms with Crippen LogP contribution in [0.25, 0.3) is 0 Å². The molecular formula is C16H14O6. The Morgan fingerprint density at radius 3 is 2.50 bits per heavy atom. The van der Waals surface area contributed by atoms with Gasteiger partial charge in [-0.2, -0.15) is 0 Å². The second-order valence-electron chi connectivity index (χ2n) is 4.90. The molecule has 0 aromatic heterocycles. The molecule has 0 saturated carbocycles. The highest BCUT2D eigenvalue weighted by molar-refractivity contribution is 5.93. The molecule has 3 N–H and O–H groups in total. The van der Waals surface area contributed by atoms with E-state index in [1.807, 2.05) is 0 Å². The van der Waals surface area contributed by atoms with E-state index < -0.39 is 23.7 Å². The number of hydrogen-bond acceptors (Lipinski definition) is 6. The lowest BCUT2D eigenvalue weighted by Crippen LogP contribution is -2.30. The number of hydrogen-bond donors (Lipinski definition) is 3. The Morgan fingerprint density at radius 1 is 1.18 bits per heavy atom. The van der Waals surface area contributed by atoms with Gasteiger partial charge < -0.3 is 24.8 Å². The molecule has 1 heterocycles. The van der Waals surface area contributed by atoms with E-state index in [0.717, 1.165) is 0 Å². The summed E-state index contributed by atoms with van der Waals surface area (Å²) in [6, 6.07) is 9.89. The minimum atomic E-state index is -1.57. The molecule has 1 aliphatic heterocycles. The summed E-state index contributed by atoms with van der Waals surface area (Å²) in [6.07, 6.45) is -2.57. The molecule has 2 unspecified atom stereocenters. The molecule has 0 amide bonds. The zero-order valence-corrected chi connectivity index (χ0v) is 11.7. The van der Waals surface area contributed by atoms with Crippen molar-refractivity contribution < 1.29 is 29.6 Å². The zero-order chi connectivity index (χ0) is 15.9. The van der Waals surface area contributed by atoms with Crippen LogP contribution in [-0.2, 0) is 4.79 Å². The molecule has 2 aromatic rings. The van der Waals surface area contributed by atoms with Crippen molar-refractivity contribution in [1.82, 2.24) is 0 Å². The monoisotopic (exact) mass is 302 g/mol. The number of ketones is 1. The number of benzene rings is 2. The summed E-state index contributed by atoms with van der Waals surface area (Å²) in [7, 11) is 1.26. The summed E-state index contributed by atoms with van der Waals surface area (Å²) in [5, 5.41) is 30.1. The fraction of sp³-hybridized carbons (Fsp3) is 0.188. The number of Topliss-reactive ketones (excluding diaryl/α,β-unsaturated/α-hetero) is 1. The van der Waals surface area contributed by atoms with Crippen LogP contribution in [-0.4, -0.2) is 28.2 Å². The highest BCUT2D eigenvalue weighted by atomic mass is 16.5. The van der Waals surface area contributed by atoms with Crippen molar-refractivity contribution in [3.05, 3.63) is 47.5 Å². The summed E-state index contributed by atoms with van der Waals surface area (Å²) in [6.45, 7) is 0. The summed E-state index contributed by atoms with van der Waals surface area (Å²) in [5.74, 6) is -1.62. The Labute approximate surface area is 126 Å². The van der Waals surface area contributed by atoms with Gasteiger partial charge in [0.2, 0.25) is 11.5 Å². The number of methoxy groups -OCH3 is 1. The molecule has 0 aliphatic carbocycles. The van der Waals surface area contributed by atoms with Crippen molar-refractivity contribution in [2.24, 2.45) is 0 Å². The molecule has 6 nitrogen and oxygen atoms in total. The molecule has 0 saturated heterocycles. The average Bonchev–Trinajstić information content (AvgIpc) is 2.51. The van der Waals surface area contributed by atoms with Gasteiger partial charge in [-0.3, -0.25) is 4.79 Å². The summed E-state index contributed by atoms with van der Waals surface area (Å²) in [5.41, 5.74) is 0.471. The Hall–Kier alpha value is -2.73. The third-order valence-corrected chi connectivity index (χ3v) is 3.59. The topological polar surface area (TPSA) is 96.2 Å². The number of carbonyl (C=O) groups excluding carboxylic acids is 1. The number of ether oxygens (including phenoxy) is 2. The van der Waals surface area contributed by atoms with Gasteiger partial charge in [-0.05, 0) is 5.56 Å². The van der Waals surface area contributed by atoms with Crippen molar-refractivity contribution in [3.8, 4) is 23.0 Å². The third-order valence-electron chi connectivity index (χ3n) is 3.59. The highest BCUT2D eigenvalue weighted by Crippen LogP contribution is 2.50. The fourth-order valence-corrected chi connectivity index (χ4v) is 2.52. The first-order chi connectivity index (χ1) is 10.5. The number of carbonyl (C=O) groups is 1. The van der Waals surface area contributed by atoms with Crippen LogP contribution in [0.2, 0.25) is 0 Å². The summed E-state index contributed by atoms with van der Waals surface area (Å²) >= 11 is 0. The van der Waals surface area contributed by atoms with E-state index in [1.54, 1.807) is 30.3 Å². The van der Waals surface area contributed by atoms with Gasteiger partial charge in [0.15, 0.2) is 17.6 Å². The van der Waals surface area contributed by atoms with Gasteiger partial charge in [0.05, 0.1) is 12.7 Å². The van der Waals surface area contributed by atoms with E-state index in [-0.39, 0.29) is 22.8 Å². The molecule has 0 fully saturated rings. The number of phenols is 2. The standard InChI is InChI=1S/C16H14O6/c1-21-16-9(17)7-10-11(13(16)19)12(18)14(20)15(22-10)8-5-3-2-4-6-8/h2-7,12,15,17-19H,1H3. The van der Waals surface area contributed by atoms with E-state index >= 15 is 0 Å². The average molecular weight is 302 g/mol. The van der Waals surface area contributed by atoms with Crippen LogP contribution in [0.4, 0.5) is 0 Å². The highest BCUT2D eigenvalue weighted by Gasteiger charge is 2.40. The molecule has 2 atom stereocenters. The molecular weight excluding hydrogens is 288 g/mol. The zero-order valence-electron chi connectivity index (χ0n) is 11.7. The first-order valence-electron chi connectivity index (χ1n) is 6.60. The lowest BCUT2D eigenvalue weighted by molar-refractivity contribution is -0.137. The maximum atomic E-state index is 12.3. The largest absolute Gasteiger partial charge is 0.504 e. The maximum absolute atomic E-state index is 12.3. The second kappa shape index (κ2) is 5.23. The van der Waals surface area contributed by atoms with E-state index in [9.17, 15) is 20.1 Å². The lowest BCUT2D eigenvalue weighted by atomic mass is 9.92. The third kappa shape index (κ3) is 2.05. The Bertz CT molecular complexity index is 725. The van der Waals surface area contributed by atoms with Crippen LogP contribution in [0.5, 0.6) is 23.0 Å². The van der Waals surface area contributed by atoms with Crippen LogP contribution in [0.3, 0.4) is 0 Å². The number of aromatic hydroxyl groups is 2. The van der Waals surface area contributed by atoms with Crippen LogP contribution in [0, 0.1) is 0 Å². The van der Waals surface area contributed by atoms with E-state index in [4.69, 9.17) is 9.47 Å². The second-order valence-corrected chi connectivity index (χ2v) is 4.90. The van der Waals surface area contributed by atoms with Gasteiger partial charge in [0, 0.05) is 6.07 Å². The first-order valence-corrected chi connectivity index (χ1v) is 6.60. The van der Waals surface area contributed by atoms with Gasteiger partial charge in [-0.15, -0.1) is 0 Å². The molecule has 1 aliphatic rings. The number of aliphatic hydroxyl groups excluding tert-OH is 1. The Kier molecular flexibility index (Phi) is 3.38. The number of fused-ring (bicyclic) bond motifs is 1. The minimum absolute atomic E-state index is 0.0387. The minimum Gasteiger partial charge on any atom is -0.504 e. The van der Waals surface area contributed by atoms with Crippen LogP contribution >= 0.6 is 0 Å². The van der Waals surface area contributed by atoms with E-state index in [2.05, 4.69) is 0 Å². The first kappa shape index (κ1) is 14.2. The van der Waals surface area contributed by atoms with Gasteiger partial charge in [0.25, 0.3) is 0 Å². The number of phenolic OH excluding ortho intramolecular Hbond substituents is 2. The van der Waals surface area contributed by atoms with Crippen molar-refractivity contribution in [1.29, 1.82) is 0 Å². The Balaban J connectivity index is 2.12. The molecule has 0 spiro atoms. The Morgan fingerprint density at radius 2 is 1.86 bits per heavy atom. The maximum Gasteiger partial charge on any atom is 0.211 e. The van der Waals surface area contributed by atoms with Gasteiger partial charge in [0.1, 0.15) is 11.9 Å². The van der Waals surface area contributed by atoms with Gasteiger partial charge in [-0.25, -0.2) is 0 Å². The quantitative estimate of drug-likeness (QED) is 0.783. The molecule has 0 radical (unpaired) electrons. The molecule has 114 valence electrons. The van der Waals surface area contributed by atoms with Crippen LogP contribution in [0.1, 0.15) is 23.3 Å². The van der Waals surface area contributed by atoms with Gasteiger partial charge >= 0.3 is 0 Å². The number of rotatable bonds is 2. The van der Waals surface area contributed by atoms with Crippen LogP contribution in [0.15, 0.2) is 36.4 Å². The SMILES string of the molecule is COc1c(O)cc2c(c1O)C(O)C(=O)C(c1ccccc1)O2. The predicted molar refractivity (Wildman–Crippen MR) is 76.1 cm³/mol. The molecule has 6 heteroatoms. The fourth-order valence-electron chi connectivity index (χ4n) is 2.52. The van der Waals surface area contributed by atoms with E-state index in [0.29, 0.717) is 5.56 Å². The van der Waals surface area contributed by atoms with Crippen LogP contribution < -0.4 is 9.47 Å². The van der Waals surface area contributed by atoms with Crippen molar-refractivity contribution in [2.75, 3.05) is 7.11 Å². The molecule has 3 rings (SSSR count). The molecule has 2 aromatic carbocycles. The lowest BCUT2D eigenvalue weighted by Gasteiger charge is -2.29. The molecule has 0 bridgehead atoms. The smallest absolute Gasteiger partial charge is 0.211 e. The number of aliphatic hydroxyl groups is 1.